The predicted molar refractivity (Wildman–Crippen MR) is 100 cm³/mol. The van der Waals surface area contributed by atoms with Gasteiger partial charge in [-0.1, -0.05) is 103 Å². The summed E-state index contributed by atoms with van der Waals surface area (Å²) in [5.41, 5.74) is 3.66. The van der Waals surface area contributed by atoms with Gasteiger partial charge in [0, 0.05) is 0 Å². The van der Waals surface area contributed by atoms with Crippen LogP contribution in [0.4, 0.5) is 0 Å². The Morgan fingerprint density at radius 3 is 1.50 bits per heavy atom. The van der Waals surface area contributed by atoms with Gasteiger partial charge in [-0.2, -0.15) is 0 Å². The molecule has 108 valence electrons. The fraction of sp³-hybridized carbons (Fsp3) is 0.0500. The largest absolute Gasteiger partial charge is 0.101 e. The highest BCUT2D eigenvalue weighted by atomic mass is 32.2. The van der Waals surface area contributed by atoms with Gasteiger partial charge < -0.3 is 0 Å². The van der Waals surface area contributed by atoms with Crippen molar-refractivity contribution in [2.45, 2.75) is 5.25 Å². The van der Waals surface area contributed by atoms with Crippen molar-refractivity contribution in [3.05, 3.63) is 108 Å². The zero-order valence-electron chi connectivity index (χ0n) is 12.1. The molecule has 3 rings (SSSR count). The highest BCUT2D eigenvalue weighted by Crippen LogP contribution is 2.37. The van der Waals surface area contributed by atoms with Crippen LogP contribution >= 0.6 is 24.0 Å². The van der Waals surface area contributed by atoms with E-state index >= 15 is 0 Å². The molecule has 0 bridgehead atoms. The van der Waals surface area contributed by atoms with Crippen LogP contribution in [-0.2, 0) is 0 Å². The lowest BCUT2D eigenvalue weighted by Crippen LogP contribution is -2.01. The van der Waals surface area contributed by atoms with Crippen LogP contribution in [0.15, 0.2) is 91.0 Å². The first kappa shape index (κ1) is 15.0. The van der Waals surface area contributed by atoms with Gasteiger partial charge in [-0.3, -0.25) is 0 Å². The van der Waals surface area contributed by atoms with Crippen LogP contribution in [0.25, 0.3) is 0 Å². The molecule has 0 saturated heterocycles. The van der Waals surface area contributed by atoms with E-state index in [1.54, 1.807) is 11.8 Å². The Kier molecular flexibility index (Phi) is 5.04. The number of hydrogen-bond acceptors (Lipinski definition) is 2. The summed E-state index contributed by atoms with van der Waals surface area (Å²) in [6.07, 6.45) is 0. The van der Waals surface area contributed by atoms with Crippen LogP contribution in [-0.4, -0.2) is 4.20 Å². The molecule has 0 atom stereocenters. The Morgan fingerprint density at radius 1 is 0.636 bits per heavy atom. The van der Waals surface area contributed by atoms with Crippen molar-refractivity contribution in [2.24, 2.45) is 0 Å². The molecule has 0 amide bonds. The predicted octanol–water partition coefficient (Wildman–Crippen LogP) is 5.88. The van der Waals surface area contributed by atoms with Crippen molar-refractivity contribution in [2.75, 3.05) is 0 Å². The molecule has 0 saturated carbocycles. The zero-order chi connectivity index (χ0) is 15.2. The third-order valence-electron chi connectivity index (χ3n) is 3.44. The van der Waals surface area contributed by atoms with Crippen molar-refractivity contribution in [3.63, 3.8) is 0 Å². The molecule has 0 fully saturated rings. The van der Waals surface area contributed by atoms with Crippen molar-refractivity contribution >= 4 is 28.2 Å². The SMILES string of the molecule is S=C(SC(c1ccccc1)c1ccccc1)c1ccccc1. The molecule has 0 aliphatic heterocycles. The van der Waals surface area contributed by atoms with Crippen LogP contribution in [0.3, 0.4) is 0 Å². The van der Waals surface area contributed by atoms with Gasteiger partial charge in [-0.05, 0) is 16.7 Å². The molecule has 0 aromatic heterocycles. The minimum Gasteiger partial charge on any atom is -0.101 e. The molecule has 0 spiro atoms. The summed E-state index contributed by atoms with van der Waals surface area (Å²) in [7, 11) is 0. The topological polar surface area (TPSA) is 0 Å². The Balaban J connectivity index is 1.91. The zero-order valence-corrected chi connectivity index (χ0v) is 13.7. The van der Waals surface area contributed by atoms with E-state index in [1.165, 1.54) is 11.1 Å². The number of hydrogen-bond donors (Lipinski definition) is 0. The van der Waals surface area contributed by atoms with Crippen LogP contribution in [0, 0.1) is 0 Å². The maximum atomic E-state index is 5.66. The van der Waals surface area contributed by atoms with Gasteiger partial charge in [-0.25, -0.2) is 0 Å². The quantitative estimate of drug-likeness (QED) is 0.550. The summed E-state index contributed by atoms with van der Waals surface area (Å²) in [4.78, 5) is 0. The first-order valence-electron chi connectivity index (χ1n) is 7.20. The minimum atomic E-state index is 0.218. The summed E-state index contributed by atoms with van der Waals surface area (Å²) >= 11 is 7.40. The van der Waals surface area contributed by atoms with Gasteiger partial charge in [0.25, 0.3) is 0 Å². The fourth-order valence-electron chi connectivity index (χ4n) is 2.33. The van der Waals surface area contributed by atoms with Crippen molar-refractivity contribution in [1.29, 1.82) is 0 Å². The van der Waals surface area contributed by atoms with E-state index in [4.69, 9.17) is 12.2 Å². The molecular formula is C20H16S2. The summed E-state index contributed by atoms with van der Waals surface area (Å²) < 4.78 is 0.929. The van der Waals surface area contributed by atoms with Crippen molar-refractivity contribution < 1.29 is 0 Å². The molecule has 0 aliphatic rings. The number of thiocarbonyl (C=S) groups is 1. The van der Waals surface area contributed by atoms with E-state index < -0.39 is 0 Å². The van der Waals surface area contributed by atoms with Gasteiger partial charge in [-0.15, -0.1) is 11.8 Å². The lowest BCUT2D eigenvalue weighted by atomic mass is 10.0. The third kappa shape index (κ3) is 3.65. The maximum absolute atomic E-state index is 5.66. The molecule has 3 aromatic carbocycles. The second kappa shape index (κ2) is 7.39. The molecule has 22 heavy (non-hydrogen) atoms. The summed E-state index contributed by atoms with van der Waals surface area (Å²) in [5, 5.41) is 0.218. The summed E-state index contributed by atoms with van der Waals surface area (Å²) in [5.74, 6) is 0. The summed E-state index contributed by atoms with van der Waals surface area (Å²) in [6.45, 7) is 0. The maximum Gasteiger partial charge on any atom is 0.0787 e. The number of thioether (sulfide) groups is 1. The fourth-order valence-corrected chi connectivity index (χ4v) is 3.83. The molecule has 0 N–H and O–H groups in total. The molecule has 0 unspecified atom stereocenters. The van der Waals surface area contributed by atoms with E-state index in [0.29, 0.717) is 0 Å². The second-order valence-corrected chi connectivity index (χ2v) is 6.75. The van der Waals surface area contributed by atoms with Crippen molar-refractivity contribution in [3.8, 4) is 0 Å². The van der Waals surface area contributed by atoms with Gasteiger partial charge in [0.05, 0.1) is 9.45 Å². The van der Waals surface area contributed by atoms with Gasteiger partial charge in [0.15, 0.2) is 0 Å². The average molecular weight is 320 g/mol. The average Bonchev–Trinajstić information content (AvgIpc) is 2.62. The van der Waals surface area contributed by atoms with Crippen molar-refractivity contribution in [1.82, 2.24) is 0 Å². The smallest absolute Gasteiger partial charge is 0.0787 e. The number of rotatable bonds is 4. The van der Waals surface area contributed by atoms with Crippen LogP contribution < -0.4 is 0 Å². The van der Waals surface area contributed by atoms with E-state index in [2.05, 4.69) is 60.7 Å². The van der Waals surface area contributed by atoms with Crippen LogP contribution in [0.1, 0.15) is 21.9 Å². The molecule has 3 aromatic rings. The molecule has 0 radical (unpaired) electrons. The Bertz CT molecular complexity index is 682. The molecular weight excluding hydrogens is 304 g/mol. The lowest BCUT2D eigenvalue weighted by Gasteiger charge is -2.18. The summed E-state index contributed by atoms with van der Waals surface area (Å²) in [6, 6.07) is 31.3. The Morgan fingerprint density at radius 2 is 1.05 bits per heavy atom. The van der Waals surface area contributed by atoms with Gasteiger partial charge >= 0.3 is 0 Å². The molecule has 0 nitrogen and oxygen atoms in total. The Labute approximate surface area is 141 Å². The minimum absolute atomic E-state index is 0.218. The normalized spacial score (nSPS) is 10.6. The first-order chi connectivity index (χ1) is 10.8. The molecule has 2 heteroatoms. The molecule has 0 heterocycles. The highest BCUT2D eigenvalue weighted by Gasteiger charge is 2.17. The third-order valence-corrected chi connectivity index (χ3v) is 5.19. The van der Waals surface area contributed by atoms with Crippen LogP contribution in [0.5, 0.6) is 0 Å². The van der Waals surface area contributed by atoms with E-state index in [0.717, 1.165) is 9.76 Å². The first-order valence-corrected chi connectivity index (χ1v) is 8.49. The highest BCUT2D eigenvalue weighted by molar-refractivity contribution is 8.23. The van der Waals surface area contributed by atoms with E-state index in [9.17, 15) is 0 Å². The standard InChI is InChI=1S/C20H16S2/c21-20(18-14-8-3-9-15-18)22-19(16-10-4-1-5-11-16)17-12-6-2-7-13-17/h1-15,19H. The Hall–Kier alpha value is -1.90. The van der Waals surface area contributed by atoms with Gasteiger partial charge in [0.1, 0.15) is 0 Å². The second-order valence-electron chi connectivity index (χ2n) is 4.97. The monoisotopic (exact) mass is 320 g/mol. The van der Waals surface area contributed by atoms with Gasteiger partial charge in [0.2, 0.25) is 0 Å². The van der Waals surface area contributed by atoms with E-state index in [1.807, 2.05) is 30.3 Å². The van der Waals surface area contributed by atoms with Crippen LogP contribution in [0.2, 0.25) is 0 Å². The number of benzene rings is 3. The van der Waals surface area contributed by atoms with E-state index in [-0.39, 0.29) is 5.25 Å². The lowest BCUT2D eigenvalue weighted by molar-refractivity contribution is 1.16. The molecule has 0 aliphatic carbocycles.